The smallest absolute Gasteiger partial charge is 0.232 e. The highest BCUT2D eigenvalue weighted by molar-refractivity contribution is 6.15. The fourth-order valence-electron chi connectivity index (χ4n) is 3.33. The Morgan fingerprint density at radius 3 is 2.60 bits per heavy atom. The molecule has 1 fully saturated rings. The van der Waals surface area contributed by atoms with Crippen molar-refractivity contribution >= 4 is 28.8 Å². The van der Waals surface area contributed by atoms with E-state index in [1.807, 2.05) is 25.2 Å². The normalized spacial score (nSPS) is 17.1. The Morgan fingerprint density at radius 1 is 1.20 bits per heavy atom. The first-order valence-corrected chi connectivity index (χ1v) is 9.73. The number of Topliss-reactive ketones (excluding diaryl/α,β-unsaturated/α-hetero) is 1. The summed E-state index contributed by atoms with van der Waals surface area (Å²) >= 11 is 0. The number of nitrogens with two attached hydrogens (primary N) is 1. The van der Waals surface area contributed by atoms with E-state index in [0.29, 0.717) is 34.5 Å². The minimum Gasteiger partial charge on any atom is -0.398 e. The molecule has 30 heavy (non-hydrogen) atoms. The van der Waals surface area contributed by atoms with E-state index in [9.17, 15) is 9.59 Å². The van der Waals surface area contributed by atoms with E-state index < -0.39 is 0 Å². The van der Waals surface area contributed by atoms with Gasteiger partial charge in [0.25, 0.3) is 0 Å². The number of ketones is 1. The predicted molar refractivity (Wildman–Crippen MR) is 122 cm³/mol. The zero-order chi connectivity index (χ0) is 21.8. The van der Waals surface area contributed by atoms with E-state index in [-0.39, 0.29) is 23.3 Å². The number of anilines is 2. The van der Waals surface area contributed by atoms with Crippen LogP contribution in [0, 0.1) is 11.3 Å². The van der Waals surface area contributed by atoms with Gasteiger partial charge < -0.3 is 11.1 Å². The SMILES string of the molecule is C=C1/C(=C\C=C/C)CC1C(=O)Nc1ccc(N)c(C(=N)c2cccc(C(C)=O)c2)c1. The van der Waals surface area contributed by atoms with Crippen molar-refractivity contribution in [3.8, 4) is 0 Å². The maximum absolute atomic E-state index is 12.6. The van der Waals surface area contributed by atoms with Crippen molar-refractivity contribution in [2.24, 2.45) is 5.92 Å². The lowest BCUT2D eigenvalue weighted by Gasteiger charge is -2.31. The van der Waals surface area contributed by atoms with Crippen molar-refractivity contribution < 1.29 is 9.59 Å². The molecular formula is C25H25N3O2. The number of nitrogen functional groups attached to an aromatic ring is 1. The number of nitrogens with one attached hydrogen (secondary N) is 2. The van der Waals surface area contributed by atoms with Crippen LogP contribution < -0.4 is 11.1 Å². The van der Waals surface area contributed by atoms with Crippen LogP contribution in [0.15, 0.2) is 78.4 Å². The van der Waals surface area contributed by atoms with Crippen molar-refractivity contribution in [1.29, 1.82) is 5.41 Å². The average molecular weight is 399 g/mol. The fourth-order valence-corrected chi connectivity index (χ4v) is 3.33. The summed E-state index contributed by atoms with van der Waals surface area (Å²) in [6, 6.07) is 12.0. The van der Waals surface area contributed by atoms with Crippen molar-refractivity contribution in [1.82, 2.24) is 0 Å². The molecule has 3 rings (SSSR count). The van der Waals surface area contributed by atoms with E-state index in [4.69, 9.17) is 11.1 Å². The summed E-state index contributed by atoms with van der Waals surface area (Å²) in [5.41, 5.74) is 10.8. The first-order chi connectivity index (χ1) is 14.3. The molecule has 0 aromatic heterocycles. The third-order valence-corrected chi connectivity index (χ3v) is 5.21. The van der Waals surface area contributed by atoms with Crippen LogP contribution in [0.3, 0.4) is 0 Å². The highest BCUT2D eigenvalue weighted by Crippen LogP contribution is 2.39. The van der Waals surface area contributed by atoms with Gasteiger partial charge in [-0.2, -0.15) is 0 Å². The van der Waals surface area contributed by atoms with Crippen LogP contribution in [-0.2, 0) is 4.79 Å². The molecule has 1 unspecified atom stereocenters. The monoisotopic (exact) mass is 399 g/mol. The standard InChI is InChI=1S/C25H25N3O2/c1-4-5-7-17-13-21(15(17)2)25(30)28-20-10-11-23(26)22(14-20)24(27)19-9-6-8-18(12-19)16(3)29/h4-12,14,21,27H,2,13,26H2,1,3H3,(H,28,30)/b5-4-,17-7-,27-24?. The Balaban J connectivity index is 1.78. The molecular weight excluding hydrogens is 374 g/mol. The molecule has 0 spiro atoms. The van der Waals surface area contributed by atoms with E-state index in [0.717, 1.165) is 11.1 Å². The van der Waals surface area contributed by atoms with Crippen molar-refractivity contribution in [3.63, 3.8) is 0 Å². The van der Waals surface area contributed by atoms with Gasteiger partial charge in [-0.15, -0.1) is 0 Å². The number of benzene rings is 2. The molecule has 5 nitrogen and oxygen atoms in total. The molecule has 2 aromatic carbocycles. The second-order valence-corrected chi connectivity index (χ2v) is 7.30. The molecule has 1 aliphatic carbocycles. The van der Waals surface area contributed by atoms with E-state index in [2.05, 4.69) is 11.9 Å². The van der Waals surface area contributed by atoms with Crippen LogP contribution >= 0.6 is 0 Å². The van der Waals surface area contributed by atoms with Gasteiger partial charge in [-0.05, 0) is 55.7 Å². The van der Waals surface area contributed by atoms with Gasteiger partial charge in [0, 0.05) is 28.1 Å². The number of hydrogen-bond acceptors (Lipinski definition) is 4. The largest absolute Gasteiger partial charge is 0.398 e. The molecule has 2 aromatic rings. The van der Waals surface area contributed by atoms with Gasteiger partial charge >= 0.3 is 0 Å². The Kier molecular flexibility index (Phi) is 6.11. The van der Waals surface area contributed by atoms with Crippen LogP contribution in [0.4, 0.5) is 11.4 Å². The van der Waals surface area contributed by atoms with Crippen LogP contribution in [0.1, 0.15) is 41.8 Å². The van der Waals surface area contributed by atoms with Gasteiger partial charge in [-0.1, -0.05) is 43.0 Å². The molecule has 0 aliphatic heterocycles. The second-order valence-electron chi connectivity index (χ2n) is 7.30. The van der Waals surface area contributed by atoms with Crippen LogP contribution in [0.5, 0.6) is 0 Å². The summed E-state index contributed by atoms with van der Waals surface area (Å²) in [5, 5.41) is 11.5. The second kappa shape index (κ2) is 8.74. The maximum atomic E-state index is 12.6. The fraction of sp³-hybridized carbons (Fsp3) is 0.160. The molecule has 0 bridgehead atoms. The highest BCUT2D eigenvalue weighted by Gasteiger charge is 2.33. The van der Waals surface area contributed by atoms with Crippen LogP contribution in [-0.4, -0.2) is 17.4 Å². The molecule has 5 heteroatoms. The van der Waals surface area contributed by atoms with Gasteiger partial charge in [0.15, 0.2) is 5.78 Å². The molecule has 152 valence electrons. The molecule has 1 amide bonds. The number of carbonyl (C=O) groups excluding carboxylic acids is 2. The average Bonchev–Trinajstić information content (AvgIpc) is 2.73. The molecule has 1 saturated carbocycles. The van der Waals surface area contributed by atoms with Gasteiger partial charge in [0.05, 0.1) is 11.6 Å². The first-order valence-electron chi connectivity index (χ1n) is 9.73. The number of rotatable bonds is 6. The lowest BCUT2D eigenvalue weighted by atomic mass is 9.74. The van der Waals surface area contributed by atoms with Crippen molar-refractivity contribution in [3.05, 3.63) is 95.1 Å². The number of allylic oxidation sites excluding steroid dienone is 4. The van der Waals surface area contributed by atoms with E-state index in [1.54, 1.807) is 42.5 Å². The van der Waals surface area contributed by atoms with Crippen molar-refractivity contribution in [2.45, 2.75) is 20.3 Å². The Morgan fingerprint density at radius 2 is 1.93 bits per heavy atom. The Labute approximate surface area is 176 Å². The summed E-state index contributed by atoms with van der Waals surface area (Å²) in [6.45, 7) is 7.44. The Hall–Kier alpha value is -3.73. The molecule has 1 aliphatic rings. The molecule has 4 N–H and O–H groups in total. The molecule has 0 heterocycles. The Bertz CT molecular complexity index is 1110. The molecule has 1 atom stereocenters. The topological polar surface area (TPSA) is 96.0 Å². The summed E-state index contributed by atoms with van der Waals surface area (Å²) in [7, 11) is 0. The lowest BCUT2D eigenvalue weighted by molar-refractivity contribution is -0.119. The maximum Gasteiger partial charge on any atom is 0.232 e. The lowest BCUT2D eigenvalue weighted by Crippen LogP contribution is -2.32. The van der Waals surface area contributed by atoms with E-state index >= 15 is 0 Å². The summed E-state index contributed by atoms with van der Waals surface area (Å²) < 4.78 is 0. The number of carbonyl (C=O) groups is 2. The van der Waals surface area contributed by atoms with Gasteiger partial charge in [-0.25, -0.2) is 0 Å². The zero-order valence-corrected chi connectivity index (χ0v) is 17.2. The summed E-state index contributed by atoms with van der Waals surface area (Å²) in [6.07, 6.45) is 6.51. The van der Waals surface area contributed by atoms with Crippen LogP contribution in [0.25, 0.3) is 0 Å². The van der Waals surface area contributed by atoms with Gasteiger partial charge in [-0.3, -0.25) is 15.0 Å². The number of hydrogen-bond donors (Lipinski definition) is 3. The van der Waals surface area contributed by atoms with Gasteiger partial charge in [0.1, 0.15) is 0 Å². The third-order valence-electron chi connectivity index (χ3n) is 5.21. The summed E-state index contributed by atoms with van der Waals surface area (Å²) in [5.74, 6) is -0.449. The first kappa shape index (κ1) is 21.0. The van der Waals surface area contributed by atoms with Crippen molar-refractivity contribution in [2.75, 3.05) is 11.1 Å². The predicted octanol–water partition coefficient (Wildman–Crippen LogP) is 4.90. The quantitative estimate of drug-likeness (QED) is 0.366. The van der Waals surface area contributed by atoms with E-state index in [1.165, 1.54) is 6.92 Å². The van der Waals surface area contributed by atoms with Crippen LogP contribution in [0.2, 0.25) is 0 Å². The zero-order valence-electron chi connectivity index (χ0n) is 17.2. The number of amides is 1. The minimum absolute atomic E-state index is 0.0674. The summed E-state index contributed by atoms with van der Waals surface area (Å²) in [4.78, 5) is 24.3. The minimum atomic E-state index is -0.255. The highest BCUT2D eigenvalue weighted by atomic mass is 16.2. The third kappa shape index (κ3) is 4.30. The van der Waals surface area contributed by atoms with Gasteiger partial charge in [0.2, 0.25) is 5.91 Å². The molecule has 0 saturated heterocycles. The molecule has 0 radical (unpaired) electrons.